The van der Waals surface area contributed by atoms with E-state index in [0.29, 0.717) is 0 Å². The third-order valence-electron chi connectivity index (χ3n) is 4.09. The average Bonchev–Trinajstić information content (AvgIpc) is 2.62. The van der Waals surface area contributed by atoms with Gasteiger partial charge in [0.05, 0.1) is 12.5 Å². The summed E-state index contributed by atoms with van der Waals surface area (Å²) in [5.74, 6) is -1.17. The molecule has 0 aromatic rings. The van der Waals surface area contributed by atoms with Crippen LogP contribution in [0.2, 0.25) is 0 Å². The number of carbonyl (C=O) groups excluding carboxylic acids is 4. The maximum absolute atomic E-state index is 12.3. The van der Waals surface area contributed by atoms with Crippen molar-refractivity contribution in [3.63, 3.8) is 0 Å². The van der Waals surface area contributed by atoms with Crippen LogP contribution in [0.5, 0.6) is 0 Å². The molecule has 1 heterocycles. The molecular weight excluding hydrogens is 330 g/mol. The Hall–Kier alpha value is -1.52. The van der Waals surface area contributed by atoms with Gasteiger partial charge >= 0.3 is 0 Å². The van der Waals surface area contributed by atoms with Crippen LogP contribution in [0, 0.1) is 16.7 Å². The Bertz CT molecular complexity index is 495. The van der Waals surface area contributed by atoms with Crippen LogP contribution in [0.1, 0.15) is 90.5 Å². The van der Waals surface area contributed by atoms with E-state index in [1.54, 1.807) is 20.8 Å². The van der Waals surface area contributed by atoms with E-state index in [1.807, 2.05) is 20.8 Å². The number of carbonyl (C=O) groups is 4. The van der Waals surface area contributed by atoms with E-state index in [0.717, 1.165) is 4.90 Å². The summed E-state index contributed by atoms with van der Waals surface area (Å²) in [7, 11) is 0. The van der Waals surface area contributed by atoms with Gasteiger partial charge in [0.25, 0.3) is 0 Å². The molecule has 5 heteroatoms. The normalized spacial score (nSPS) is 16.7. The molecule has 0 aromatic heterocycles. The van der Waals surface area contributed by atoms with E-state index in [2.05, 4.69) is 0 Å². The van der Waals surface area contributed by atoms with Crippen LogP contribution in [-0.4, -0.2) is 34.8 Å². The van der Waals surface area contributed by atoms with E-state index >= 15 is 0 Å². The number of hydrogen-bond acceptors (Lipinski definition) is 4. The van der Waals surface area contributed by atoms with Gasteiger partial charge in [-0.1, -0.05) is 71.2 Å². The summed E-state index contributed by atoms with van der Waals surface area (Å²) >= 11 is 0. The van der Waals surface area contributed by atoms with E-state index in [9.17, 15) is 19.2 Å². The van der Waals surface area contributed by atoms with Gasteiger partial charge in [0.2, 0.25) is 11.8 Å². The largest absolute Gasteiger partial charge is 0.299 e. The monoisotopic (exact) mass is 373 g/mol. The molecule has 1 unspecified atom stereocenters. The fourth-order valence-electron chi connectivity index (χ4n) is 2.41. The molecule has 156 valence electrons. The quantitative estimate of drug-likeness (QED) is 0.641. The van der Waals surface area contributed by atoms with Crippen molar-refractivity contribution in [2.75, 3.05) is 6.54 Å². The van der Waals surface area contributed by atoms with Gasteiger partial charge in [0, 0.05) is 24.7 Å². The highest BCUT2D eigenvalue weighted by Gasteiger charge is 2.44. The van der Waals surface area contributed by atoms with Gasteiger partial charge in [0.1, 0.15) is 5.78 Å². The minimum Gasteiger partial charge on any atom is -0.299 e. The van der Waals surface area contributed by atoms with Crippen LogP contribution in [-0.2, 0) is 19.2 Å². The number of amides is 2. The molecule has 1 aliphatic heterocycles. The van der Waals surface area contributed by atoms with Gasteiger partial charge in [-0.25, -0.2) is 0 Å². The predicted octanol–water partition coefficient (Wildman–Crippen LogP) is 4.92. The fourth-order valence-corrected chi connectivity index (χ4v) is 2.41. The summed E-state index contributed by atoms with van der Waals surface area (Å²) in [6.07, 6.45) is 0.394. The first-order valence-electron chi connectivity index (χ1n) is 7.73. The van der Waals surface area contributed by atoms with Crippen molar-refractivity contribution in [3.8, 4) is 0 Å². The SMILES string of the molecule is C.C.C.C.CC(C)(C)C(=O)CCC(=O)CN1C(=O)CC(C(C)(C)C)C1=O. The minimum atomic E-state index is -0.475. The second kappa shape index (κ2) is 11.2. The first kappa shape index (κ1) is 32.2. The molecule has 1 rings (SSSR count). The molecular formula is C21H43NO4. The number of imide groups is 1. The third kappa shape index (κ3) is 8.24. The number of nitrogens with zero attached hydrogens (tertiary/aromatic N) is 1. The maximum atomic E-state index is 12.3. The zero-order valence-electron chi connectivity index (χ0n) is 14.5. The van der Waals surface area contributed by atoms with Crippen molar-refractivity contribution in [1.82, 2.24) is 4.90 Å². The molecule has 26 heavy (non-hydrogen) atoms. The molecule has 0 aliphatic carbocycles. The molecule has 2 amide bonds. The molecule has 0 radical (unpaired) electrons. The lowest BCUT2D eigenvalue weighted by Crippen LogP contribution is -2.37. The van der Waals surface area contributed by atoms with Crippen molar-refractivity contribution < 1.29 is 19.2 Å². The highest BCUT2D eigenvalue weighted by atomic mass is 16.2. The Morgan fingerprint density at radius 1 is 0.923 bits per heavy atom. The van der Waals surface area contributed by atoms with E-state index in [1.165, 1.54) is 0 Å². The summed E-state index contributed by atoms with van der Waals surface area (Å²) in [6.45, 7) is 11.0. The first-order valence-corrected chi connectivity index (χ1v) is 7.73. The standard InChI is InChI=1S/C17H27NO4.4CH4/c1-16(2,3)12-9-14(21)18(15(12)22)10-11(19)7-8-13(20)17(4,5)6;;;;/h12H,7-10H2,1-6H3;4*1H4. The molecule has 1 fully saturated rings. The molecule has 0 N–H and O–H groups in total. The molecule has 1 saturated heterocycles. The molecule has 0 spiro atoms. The number of Topliss-reactive ketones (excluding diaryl/α,β-unsaturated/α-hetero) is 2. The zero-order valence-corrected chi connectivity index (χ0v) is 14.5. The van der Waals surface area contributed by atoms with Crippen molar-refractivity contribution >= 4 is 23.4 Å². The lowest BCUT2D eigenvalue weighted by Gasteiger charge is -2.24. The second-order valence-electron chi connectivity index (χ2n) is 8.15. The Balaban J connectivity index is -0.000000605. The number of likely N-dealkylation sites (tertiary alicyclic amines) is 1. The lowest BCUT2D eigenvalue weighted by molar-refractivity contribution is -0.143. The average molecular weight is 374 g/mol. The van der Waals surface area contributed by atoms with Crippen LogP contribution >= 0.6 is 0 Å². The number of hydrogen-bond donors (Lipinski definition) is 0. The Labute approximate surface area is 161 Å². The van der Waals surface area contributed by atoms with Gasteiger partial charge in [-0.15, -0.1) is 0 Å². The van der Waals surface area contributed by atoms with Crippen LogP contribution in [0.4, 0.5) is 0 Å². The fraction of sp³-hybridized carbons (Fsp3) is 0.810. The predicted molar refractivity (Wildman–Crippen MR) is 110 cm³/mol. The second-order valence-corrected chi connectivity index (χ2v) is 8.15. The van der Waals surface area contributed by atoms with Gasteiger partial charge in [0.15, 0.2) is 5.78 Å². The third-order valence-corrected chi connectivity index (χ3v) is 4.09. The van der Waals surface area contributed by atoms with Gasteiger partial charge in [-0.3, -0.25) is 24.1 Å². The van der Waals surface area contributed by atoms with Crippen molar-refractivity contribution in [2.24, 2.45) is 16.7 Å². The van der Waals surface area contributed by atoms with Gasteiger partial charge < -0.3 is 0 Å². The highest BCUT2D eigenvalue weighted by molar-refractivity contribution is 6.06. The van der Waals surface area contributed by atoms with Crippen molar-refractivity contribution in [3.05, 3.63) is 0 Å². The molecule has 5 nitrogen and oxygen atoms in total. The topological polar surface area (TPSA) is 71.5 Å². The molecule has 1 aliphatic rings. The molecule has 0 bridgehead atoms. The molecule has 0 aromatic carbocycles. The Kier molecular flexibility index (Phi) is 13.9. The Morgan fingerprint density at radius 3 is 1.73 bits per heavy atom. The molecule has 0 saturated carbocycles. The summed E-state index contributed by atoms with van der Waals surface area (Å²) in [5, 5.41) is 0. The van der Waals surface area contributed by atoms with E-state index < -0.39 is 5.41 Å². The van der Waals surface area contributed by atoms with Crippen LogP contribution in [0.25, 0.3) is 0 Å². The smallest absolute Gasteiger partial charge is 0.233 e. The summed E-state index contributed by atoms with van der Waals surface area (Å²) in [4.78, 5) is 49.1. The maximum Gasteiger partial charge on any atom is 0.233 e. The van der Waals surface area contributed by atoms with E-state index in [4.69, 9.17) is 0 Å². The van der Waals surface area contributed by atoms with E-state index in [-0.39, 0.29) is 90.2 Å². The summed E-state index contributed by atoms with van der Waals surface area (Å²) in [6, 6.07) is 0. The van der Waals surface area contributed by atoms with Crippen LogP contribution in [0.15, 0.2) is 0 Å². The Morgan fingerprint density at radius 2 is 1.38 bits per heavy atom. The number of ketones is 2. The van der Waals surface area contributed by atoms with Gasteiger partial charge in [-0.05, 0) is 5.41 Å². The highest BCUT2D eigenvalue weighted by Crippen LogP contribution is 2.35. The van der Waals surface area contributed by atoms with Crippen molar-refractivity contribution in [2.45, 2.75) is 90.5 Å². The minimum absolute atomic E-state index is 0. The first-order chi connectivity index (χ1) is 9.84. The zero-order chi connectivity index (χ0) is 17.3. The number of rotatable bonds is 5. The van der Waals surface area contributed by atoms with Crippen molar-refractivity contribution in [1.29, 1.82) is 0 Å². The lowest BCUT2D eigenvalue weighted by atomic mass is 9.80. The summed E-state index contributed by atoms with van der Waals surface area (Å²) < 4.78 is 0. The molecule has 1 atom stereocenters. The van der Waals surface area contributed by atoms with Crippen LogP contribution < -0.4 is 0 Å². The van der Waals surface area contributed by atoms with Gasteiger partial charge in [-0.2, -0.15) is 0 Å². The van der Waals surface area contributed by atoms with Crippen LogP contribution in [0.3, 0.4) is 0 Å². The summed E-state index contributed by atoms with van der Waals surface area (Å²) in [5.41, 5.74) is -0.774.